The van der Waals surface area contributed by atoms with Crippen LogP contribution >= 0.6 is 23.4 Å². The third-order valence-electron chi connectivity index (χ3n) is 6.42. The van der Waals surface area contributed by atoms with Gasteiger partial charge in [-0.15, -0.1) is 11.8 Å². The minimum absolute atomic E-state index is 0.245. The van der Waals surface area contributed by atoms with Crippen molar-refractivity contribution in [1.29, 1.82) is 0 Å². The molecule has 0 bridgehead atoms. The van der Waals surface area contributed by atoms with E-state index < -0.39 is 17.3 Å². The maximum Gasteiger partial charge on any atom is 0.303 e. The number of nitrogens with zero attached hydrogens (tertiary/aromatic N) is 2. The predicted molar refractivity (Wildman–Crippen MR) is 153 cm³/mol. The molecule has 8 heteroatoms. The van der Waals surface area contributed by atoms with E-state index in [0.717, 1.165) is 35.7 Å². The Hall–Kier alpha value is -3.00. The lowest BCUT2D eigenvalue weighted by Crippen LogP contribution is -2.45. The maximum atomic E-state index is 14.1. The number of amides is 1. The molecule has 0 saturated heterocycles. The van der Waals surface area contributed by atoms with Gasteiger partial charge in [0.1, 0.15) is 5.75 Å². The summed E-state index contributed by atoms with van der Waals surface area (Å²) in [4.78, 5) is 31.3. The van der Waals surface area contributed by atoms with Gasteiger partial charge >= 0.3 is 5.97 Å². The summed E-state index contributed by atoms with van der Waals surface area (Å²) in [5, 5.41) is 0.135. The van der Waals surface area contributed by atoms with Crippen molar-refractivity contribution in [2.24, 2.45) is 0 Å². The van der Waals surface area contributed by atoms with Gasteiger partial charge in [0.2, 0.25) is 0 Å². The zero-order valence-electron chi connectivity index (χ0n) is 21.9. The lowest BCUT2D eigenvalue weighted by molar-refractivity contribution is -0.152. The Balaban J connectivity index is 1.67. The number of ether oxygens (including phenoxy) is 2. The number of hydrogen-bond acceptors (Lipinski definition) is 6. The minimum atomic E-state index is -0.995. The third kappa shape index (κ3) is 6.90. The van der Waals surface area contributed by atoms with Crippen molar-refractivity contribution >= 4 is 40.9 Å². The Bertz CT molecular complexity index is 1240. The summed E-state index contributed by atoms with van der Waals surface area (Å²) >= 11 is 7.88. The first-order valence-corrected chi connectivity index (χ1v) is 14.0. The number of thioether (sulfide) groups is 1. The van der Waals surface area contributed by atoms with Crippen molar-refractivity contribution in [3.05, 3.63) is 88.9 Å². The highest BCUT2D eigenvalue weighted by Gasteiger charge is 2.41. The number of benzene rings is 3. The second-order valence-electron chi connectivity index (χ2n) is 9.21. The molecule has 0 N–H and O–H groups in total. The molecule has 0 aliphatic carbocycles. The van der Waals surface area contributed by atoms with E-state index >= 15 is 0 Å². The molecule has 0 radical (unpaired) electrons. The molecular weight excluding hydrogens is 520 g/mol. The Labute approximate surface area is 233 Å². The summed E-state index contributed by atoms with van der Waals surface area (Å²) < 4.78 is 11.0. The number of carbonyl (C=O) groups excluding carboxylic acids is 2. The number of esters is 1. The lowest BCUT2D eigenvalue weighted by atomic mass is 10.1. The summed E-state index contributed by atoms with van der Waals surface area (Å²) in [5.74, 6) is -0.0314. The molecule has 0 aromatic heterocycles. The fraction of sp³-hybridized carbons (Fsp3) is 0.333. The maximum absolute atomic E-state index is 14.1. The van der Waals surface area contributed by atoms with Gasteiger partial charge < -0.3 is 14.4 Å². The zero-order chi connectivity index (χ0) is 27.1. The van der Waals surface area contributed by atoms with Gasteiger partial charge in [-0.2, -0.15) is 0 Å². The van der Waals surface area contributed by atoms with Gasteiger partial charge in [0, 0.05) is 36.5 Å². The van der Waals surface area contributed by atoms with Crippen LogP contribution in [0.25, 0.3) is 0 Å². The van der Waals surface area contributed by atoms with Crippen molar-refractivity contribution in [2.45, 2.75) is 43.1 Å². The molecule has 0 fully saturated rings. The Morgan fingerprint density at radius 3 is 2.45 bits per heavy atom. The molecule has 0 unspecified atom stereocenters. The Morgan fingerprint density at radius 2 is 1.79 bits per heavy atom. The van der Waals surface area contributed by atoms with E-state index in [-0.39, 0.29) is 5.91 Å². The third-order valence-corrected chi connectivity index (χ3v) is 8.01. The van der Waals surface area contributed by atoms with Gasteiger partial charge in [-0.1, -0.05) is 61.0 Å². The van der Waals surface area contributed by atoms with Gasteiger partial charge in [-0.05, 0) is 54.4 Å². The molecule has 2 atom stereocenters. The van der Waals surface area contributed by atoms with Crippen LogP contribution in [0.1, 0.15) is 36.6 Å². The molecule has 38 heavy (non-hydrogen) atoms. The second-order valence-corrected chi connectivity index (χ2v) is 10.8. The van der Waals surface area contributed by atoms with Gasteiger partial charge in [-0.3, -0.25) is 14.5 Å². The number of fused-ring (bicyclic) bond motifs is 1. The molecule has 1 aliphatic heterocycles. The number of rotatable bonds is 10. The number of carbonyl (C=O) groups is 2. The van der Waals surface area contributed by atoms with Gasteiger partial charge in [-0.25, -0.2) is 0 Å². The number of anilines is 1. The highest BCUT2D eigenvalue weighted by molar-refractivity contribution is 7.99. The monoisotopic (exact) mass is 552 g/mol. The highest BCUT2D eigenvalue weighted by atomic mass is 35.5. The van der Waals surface area contributed by atoms with Crippen molar-refractivity contribution in [1.82, 2.24) is 4.90 Å². The molecule has 1 aliphatic rings. The quantitative estimate of drug-likeness (QED) is 0.272. The summed E-state index contributed by atoms with van der Waals surface area (Å²) in [7, 11) is 1.61. The van der Waals surface area contributed by atoms with Crippen LogP contribution in [0.15, 0.2) is 77.7 Å². The molecule has 3 aromatic carbocycles. The normalized spacial score (nSPS) is 17.2. The van der Waals surface area contributed by atoms with E-state index in [9.17, 15) is 9.59 Å². The molecule has 6 nitrogen and oxygen atoms in total. The first-order valence-electron chi connectivity index (χ1n) is 12.7. The smallest absolute Gasteiger partial charge is 0.303 e. The highest BCUT2D eigenvalue weighted by Crippen LogP contribution is 2.47. The van der Waals surface area contributed by atoms with E-state index in [1.165, 1.54) is 24.2 Å². The largest absolute Gasteiger partial charge is 0.497 e. The zero-order valence-corrected chi connectivity index (χ0v) is 23.5. The average Bonchev–Trinajstić information content (AvgIpc) is 3.02. The molecular formula is C30H33ClN2O4S. The molecule has 0 spiro atoms. The Kier molecular flexibility index (Phi) is 9.72. The van der Waals surface area contributed by atoms with Crippen LogP contribution in [0.2, 0.25) is 5.02 Å². The van der Waals surface area contributed by atoms with Crippen molar-refractivity contribution in [3.8, 4) is 5.75 Å². The molecule has 3 aromatic rings. The SMILES string of the molecule is CCCN(CCN1C(=O)[C@H](OC(C)=O)[C@H](c2ccc(OC)cc2)Sc2cc(Cl)ccc21)Cc1ccccc1. The van der Waals surface area contributed by atoms with Crippen molar-refractivity contribution < 1.29 is 19.1 Å². The van der Waals surface area contributed by atoms with Crippen LogP contribution < -0.4 is 9.64 Å². The summed E-state index contributed by atoms with van der Waals surface area (Å²) in [6.07, 6.45) is 0.00384. The average molecular weight is 553 g/mol. The van der Waals surface area contributed by atoms with Crippen molar-refractivity contribution in [2.75, 3.05) is 31.6 Å². The van der Waals surface area contributed by atoms with Crippen LogP contribution in [0.4, 0.5) is 5.69 Å². The van der Waals surface area contributed by atoms with E-state index in [2.05, 4.69) is 24.0 Å². The molecule has 1 heterocycles. The molecule has 4 rings (SSSR count). The van der Waals surface area contributed by atoms with Crippen LogP contribution in [-0.4, -0.2) is 49.6 Å². The minimum Gasteiger partial charge on any atom is -0.497 e. The summed E-state index contributed by atoms with van der Waals surface area (Å²) in [6.45, 7) is 6.31. The first kappa shape index (κ1) is 28.0. The van der Waals surface area contributed by atoms with Crippen LogP contribution in [0, 0.1) is 0 Å². The molecule has 200 valence electrons. The number of methoxy groups -OCH3 is 1. The summed E-state index contributed by atoms with van der Waals surface area (Å²) in [5.41, 5.74) is 2.86. The van der Waals surface area contributed by atoms with Gasteiger partial charge in [0.15, 0.2) is 6.10 Å². The molecule has 1 amide bonds. The lowest BCUT2D eigenvalue weighted by Gasteiger charge is -2.30. The van der Waals surface area contributed by atoms with Gasteiger partial charge in [0.25, 0.3) is 5.91 Å². The van der Waals surface area contributed by atoms with E-state index in [4.69, 9.17) is 21.1 Å². The second kappa shape index (κ2) is 13.2. The standard InChI is InChI=1S/C30H33ClN2O4S/c1-4-16-32(20-22-8-6-5-7-9-22)17-18-33-26-15-12-24(31)19-27(26)38-29(28(30(33)35)37-21(2)34)23-10-13-25(36-3)14-11-23/h5-15,19,28-29H,4,16-18,20H2,1-3H3/t28-,29+/m1/s1. The number of halogens is 1. The first-order chi connectivity index (χ1) is 18.4. The number of hydrogen-bond donors (Lipinski definition) is 0. The van der Waals surface area contributed by atoms with Crippen LogP contribution in [-0.2, 0) is 20.9 Å². The fourth-order valence-corrected chi connectivity index (χ4v) is 6.23. The van der Waals surface area contributed by atoms with E-state index in [0.29, 0.717) is 23.9 Å². The van der Waals surface area contributed by atoms with Gasteiger partial charge in [0.05, 0.1) is 18.0 Å². The molecule has 0 saturated carbocycles. The fourth-order valence-electron chi connectivity index (χ4n) is 4.63. The van der Waals surface area contributed by atoms with Crippen molar-refractivity contribution in [3.63, 3.8) is 0 Å². The Morgan fingerprint density at radius 1 is 1.05 bits per heavy atom. The predicted octanol–water partition coefficient (Wildman–Crippen LogP) is 6.37. The van der Waals surface area contributed by atoms with Crippen LogP contribution in [0.5, 0.6) is 5.75 Å². The van der Waals surface area contributed by atoms with E-state index in [1.54, 1.807) is 18.1 Å². The topological polar surface area (TPSA) is 59.1 Å². The van der Waals surface area contributed by atoms with E-state index in [1.807, 2.05) is 54.6 Å². The summed E-state index contributed by atoms with van der Waals surface area (Å²) in [6, 6.07) is 23.4. The van der Waals surface area contributed by atoms with Crippen LogP contribution in [0.3, 0.4) is 0 Å².